The SMILES string of the molecule is CCOc1c(C(=O)O)sc2cc(C)nc(Cl)c12. The smallest absolute Gasteiger partial charge is 0.349 e. The van der Waals surface area contributed by atoms with E-state index in [0.717, 1.165) is 21.7 Å². The summed E-state index contributed by atoms with van der Waals surface area (Å²) >= 11 is 7.20. The van der Waals surface area contributed by atoms with Crippen LogP contribution in [0.1, 0.15) is 22.3 Å². The van der Waals surface area contributed by atoms with Gasteiger partial charge in [-0.1, -0.05) is 11.6 Å². The Labute approximate surface area is 107 Å². The largest absolute Gasteiger partial charge is 0.491 e. The topological polar surface area (TPSA) is 59.4 Å². The maximum absolute atomic E-state index is 11.1. The van der Waals surface area contributed by atoms with Crippen molar-refractivity contribution in [3.63, 3.8) is 0 Å². The average molecular weight is 272 g/mol. The molecule has 0 fully saturated rings. The normalized spacial score (nSPS) is 10.8. The van der Waals surface area contributed by atoms with Crippen molar-refractivity contribution < 1.29 is 14.6 Å². The number of hydrogen-bond donors (Lipinski definition) is 1. The molecule has 0 spiro atoms. The molecule has 0 aliphatic carbocycles. The number of carboxylic acid groups (broad SMARTS) is 1. The second-order valence-electron chi connectivity index (χ2n) is 3.43. The van der Waals surface area contributed by atoms with Crippen molar-refractivity contribution >= 4 is 39.0 Å². The van der Waals surface area contributed by atoms with Gasteiger partial charge >= 0.3 is 5.97 Å². The fourth-order valence-corrected chi connectivity index (χ4v) is 3.04. The van der Waals surface area contributed by atoms with Gasteiger partial charge in [0, 0.05) is 10.4 Å². The van der Waals surface area contributed by atoms with Gasteiger partial charge in [0.25, 0.3) is 0 Å². The van der Waals surface area contributed by atoms with Crippen LogP contribution in [0, 0.1) is 6.92 Å². The molecule has 2 rings (SSSR count). The highest BCUT2D eigenvalue weighted by atomic mass is 35.5. The lowest BCUT2D eigenvalue weighted by molar-refractivity contribution is 0.0698. The van der Waals surface area contributed by atoms with Crippen LogP contribution in [0.4, 0.5) is 0 Å². The third-order valence-electron chi connectivity index (χ3n) is 2.20. The van der Waals surface area contributed by atoms with Gasteiger partial charge in [-0.2, -0.15) is 0 Å². The van der Waals surface area contributed by atoms with Crippen LogP contribution in [0.3, 0.4) is 0 Å². The summed E-state index contributed by atoms with van der Waals surface area (Å²) in [6.07, 6.45) is 0. The molecule has 0 aliphatic heterocycles. The first-order chi connectivity index (χ1) is 8.04. The number of halogens is 1. The zero-order valence-corrected chi connectivity index (χ0v) is 10.9. The molecule has 0 amide bonds. The number of hydrogen-bond acceptors (Lipinski definition) is 4. The molecule has 6 heteroatoms. The van der Waals surface area contributed by atoms with Crippen LogP contribution >= 0.6 is 22.9 Å². The molecule has 2 heterocycles. The van der Waals surface area contributed by atoms with E-state index >= 15 is 0 Å². The molecule has 17 heavy (non-hydrogen) atoms. The monoisotopic (exact) mass is 271 g/mol. The Kier molecular flexibility index (Phi) is 3.22. The van der Waals surface area contributed by atoms with E-state index in [1.165, 1.54) is 0 Å². The maximum atomic E-state index is 11.1. The van der Waals surface area contributed by atoms with Crippen molar-refractivity contribution in [3.8, 4) is 5.75 Å². The van der Waals surface area contributed by atoms with Crippen molar-refractivity contribution in [1.29, 1.82) is 0 Å². The molecular weight excluding hydrogens is 262 g/mol. The van der Waals surface area contributed by atoms with Gasteiger partial charge in [-0.15, -0.1) is 11.3 Å². The third-order valence-corrected chi connectivity index (χ3v) is 3.57. The Hall–Kier alpha value is -1.33. The second kappa shape index (κ2) is 4.50. The van der Waals surface area contributed by atoms with Crippen molar-refractivity contribution in [3.05, 3.63) is 21.8 Å². The highest BCUT2D eigenvalue weighted by molar-refractivity contribution is 7.21. The minimum absolute atomic E-state index is 0.163. The lowest BCUT2D eigenvalue weighted by atomic mass is 10.2. The van der Waals surface area contributed by atoms with Crippen LogP contribution in [0.5, 0.6) is 5.75 Å². The summed E-state index contributed by atoms with van der Waals surface area (Å²) in [6.45, 7) is 3.99. The van der Waals surface area contributed by atoms with Crippen LogP contribution in [0.2, 0.25) is 5.15 Å². The van der Waals surface area contributed by atoms with Gasteiger partial charge in [0.05, 0.1) is 12.0 Å². The molecule has 0 atom stereocenters. The Bertz CT molecular complexity index is 594. The molecule has 1 N–H and O–H groups in total. The van der Waals surface area contributed by atoms with E-state index in [1.54, 1.807) is 13.0 Å². The van der Waals surface area contributed by atoms with Gasteiger partial charge in [-0.25, -0.2) is 9.78 Å². The molecule has 0 saturated heterocycles. The molecule has 2 aromatic rings. The van der Waals surface area contributed by atoms with E-state index in [-0.39, 0.29) is 10.0 Å². The predicted octanol–water partition coefficient (Wildman–Crippen LogP) is 3.36. The van der Waals surface area contributed by atoms with Gasteiger partial charge in [0.15, 0.2) is 10.6 Å². The Morgan fingerprint density at radius 1 is 1.65 bits per heavy atom. The lowest BCUT2D eigenvalue weighted by Crippen LogP contribution is -1.99. The molecule has 90 valence electrons. The zero-order valence-electron chi connectivity index (χ0n) is 9.28. The summed E-state index contributed by atoms with van der Waals surface area (Å²) < 4.78 is 6.16. The van der Waals surface area contributed by atoms with Crippen molar-refractivity contribution in [2.24, 2.45) is 0 Å². The number of pyridine rings is 1. The molecule has 0 unspecified atom stereocenters. The highest BCUT2D eigenvalue weighted by Crippen LogP contribution is 2.41. The molecule has 2 aromatic heterocycles. The van der Waals surface area contributed by atoms with E-state index in [1.807, 2.05) is 6.92 Å². The van der Waals surface area contributed by atoms with Crippen LogP contribution < -0.4 is 4.74 Å². The van der Waals surface area contributed by atoms with Crippen molar-refractivity contribution in [2.45, 2.75) is 13.8 Å². The summed E-state index contributed by atoms with van der Waals surface area (Å²) in [6, 6.07) is 1.81. The third kappa shape index (κ3) is 2.08. The summed E-state index contributed by atoms with van der Waals surface area (Å²) in [7, 11) is 0. The summed E-state index contributed by atoms with van der Waals surface area (Å²) in [5.74, 6) is -0.694. The average Bonchev–Trinajstić information content (AvgIpc) is 2.57. The van der Waals surface area contributed by atoms with Crippen molar-refractivity contribution in [1.82, 2.24) is 4.98 Å². The number of thiophene rings is 1. The zero-order chi connectivity index (χ0) is 12.6. The van der Waals surface area contributed by atoms with Crippen molar-refractivity contribution in [2.75, 3.05) is 6.61 Å². The first kappa shape index (κ1) is 12.1. The summed E-state index contributed by atoms with van der Waals surface area (Å²) in [5, 5.41) is 9.99. The molecule has 0 aliphatic rings. The number of nitrogens with zero attached hydrogens (tertiary/aromatic N) is 1. The quantitative estimate of drug-likeness (QED) is 0.870. The molecule has 0 radical (unpaired) electrons. The Morgan fingerprint density at radius 2 is 2.35 bits per heavy atom. The first-order valence-electron chi connectivity index (χ1n) is 5.00. The number of carbonyl (C=O) groups is 1. The predicted molar refractivity (Wildman–Crippen MR) is 67.5 cm³/mol. The molecule has 0 bridgehead atoms. The van der Waals surface area contributed by atoms with Gasteiger partial charge in [0.1, 0.15) is 5.15 Å². The summed E-state index contributed by atoms with van der Waals surface area (Å²) in [5.41, 5.74) is 0.753. The number of aromatic carboxylic acids is 1. The van der Waals surface area contributed by atoms with E-state index in [0.29, 0.717) is 17.7 Å². The van der Waals surface area contributed by atoms with Gasteiger partial charge in [-0.05, 0) is 19.9 Å². The van der Waals surface area contributed by atoms with Crippen LogP contribution in [0.25, 0.3) is 10.1 Å². The van der Waals surface area contributed by atoms with Crippen LogP contribution in [0.15, 0.2) is 6.07 Å². The van der Waals surface area contributed by atoms with Crippen LogP contribution in [-0.4, -0.2) is 22.7 Å². The highest BCUT2D eigenvalue weighted by Gasteiger charge is 2.21. The van der Waals surface area contributed by atoms with Gasteiger partial charge in [-0.3, -0.25) is 0 Å². The van der Waals surface area contributed by atoms with E-state index < -0.39 is 5.97 Å². The number of ether oxygens (including phenoxy) is 1. The van der Waals surface area contributed by atoms with E-state index in [2.05, 4.69) is 4.98 Å². The van der Waals surface area contributed by atoms with E-state index in [9.17, 15) is 4.79 Å². The number of rotatable bonds is 3. The molecule has 4 nitrogen and oxygen atoms in total. The van der Waals surface area contributed by atoms with Gasteiger partial charge < -0.3 is 9.84 Å². The summed E-state index contributed by atoms with van der Waals surface area (Å²) in [4.78, 5) is 15.4. The number of carboxylic acids is 1. The fourth-order valence-electron chi connectivity index (χ4n) is 1.59. The standard InChI is InChI=1S/C11H10ClNO3S/c1-3-16-8-7-6(17-9(8)11(14)15)4-5(2)13-10(7)12/h4H,3H2,1-2H3,(H,14,15). The Morgan fingerprint density at radius 3 is 2.94 bits per heavy atom. The fraction of sp³-hybridized carbons (Fsp3) is 0.273. The molecule has 0 aromatic carbocycles. The van der Waals surface area contributed by atoms with Crippen LogP contribution in [-0.2, 0) is 0 Å². The van der Waals surface area contributed by atoms with Gasteiger partial charge in [0.2, 0.25) is 0 Å². The first-order valence-corrected chi connectivity index (χ1v) is 6.19. The lowest BCUT2D eigenvalue weighted by Gasteiger charge is -2.03. The Balaban J connectivity index is 2.80. The minimum atomic E-state index is -1.01. The number of aromatic nitrogens is 1. The number of fused-ring (bicyclic) bond motifs is 1. The second-order valence-corrected chi connectivity index (χ2v) is 4.84. The maximum Gasteiger partial charge on any atom is 0.349 e. The van der Waals surface area contributed by atoms with E-state index in [4.69, 9.17) is 21.4 Å². The number of aryl methyl sites for hydroxylation is 1. The minimum Gasteiger partial charge on any atom is -0.491 e. The molecule has 0 saturated carbocycles. The molecular formula is C11H10ClNO3S.